The van der Waals surface area contributed by atoms with E-state index in [4.69, 9.17) is 21.1 Å². The van der Waals surface area contributed by atoms with Crippen molar-refractivity contribution in [2.24, 2.45) is 0 Å². The first-order chi connectivity index (χ1) is 11.5. The van der Waals surface area contributed by atoms with Gasteiger partial charge < -0.3 is 19.5 Å². The van der Waals surface area contributed by atoms with Crippen molar-refractivity contribution in [2.45, 2.75) is 12.5 Å². The highest BCUT2D eigenvalue weighted by Crippen LogP contribution is 2.37. The van der Waals surface area contributed by atoms with Crippen LogP contribution in [0.2, 0.25) is 5.02 Å². The Kier molecular flexibility index (Phi) is 4.64. The Balaban J connectivity index is 1.98. The maximum atomic E-state index is 12.9. The number of aliphatic hydroxyl groups excluding tert-OH is 1. The summed E-state index contributed by atoms with van der Waals surface area (Å²) >= 11 is 6.01. The molecule has 1 unspecified atom stereocenters. The Morgan fingerprint density at radius 1 is 1.17 bits per heavy atom. The smallest absolute Gasteiger partial charge is 0.258 e. The van der Waals surface area contributed by atoms with E-state index >= 15 is 0 Å². The molecule has 5 nitrogen and oxygen atoms in total. The number of ether oxygens (including phenoxy) is 2. The SMILES string of the molecule is COc1ccc(C(=O)N2CCC(O)c3cc(Cl)ccc32)cc1OC. The Bertz CT molecular complexity index is 778. The van der Waals surface area contributed by atoms with Crippen LogP contribution in [0.1, 0.15) is 28.4 Å². The van der Waals surface area contributed by atoms with Crippen molar-refractivity contribution >= 4 is 23.2 Å². The van der Waals surface area contributed by atoms with Crippen LogP contribution in [-0.4, -0.2) is 31.8 Å². The van der Waals surface area contributed by atoms with E-state index < -0.39 is 6.10 Å². The fraction of sp³-hybridized carbons (Fsp3) is 0.278. The number of rotatable bonds is 3. The van der Waals surface area contributed by atoms with Gasteiger partial charge in [0.25, 0.3) is 5.91 Å². The van der Waals surface area contributed by atoms with E-state index in [9.17, 15) is 9.90 Å². The number of carbonyl (C=O) groups is 1. The second-order valence-electron chi connectivity index (χ2n) is 5.53. The molecule has 0 spiro atoms. The van der Waals surface area contributed by atoms with Crippen molar-refractivity contribution in [3.63, 3.8) is 0 Å². The van der Waals surface area contributed by atoms with Crippen molar-refractivity contribution in [1.29, 1.82) is 0 Å². The Morgan fingerprint density at radius 3 is 2.62 bits per heavy atom. The van der Waals surface area contributed by atoms with Gasteiger partial charge in [0.15, 0.2) is 11.5 Å². The first-order valence-corrected chi connectivity index (χ1v) is 7.94. The topological polar surface area (TPSA) is 59.0 Å². The molecule has 1 N–H and O–H groups in total. The summed E-state index contributed by atoms with van der Waals surface area (Å²) in [4.78, 5) is 14.6. The Hall–Kier alpha value is -2.24. The number of carbonyl (C=O) groups excluding carboxylic acids is 1. The minimum atomic E-state index is -0.617. The molecular formula is C18H18ClNO4. The van der Waals surface area contributed by atoms with Crippen LogP contribution in [-0.2, 0) is 0 Å². The second-order valence-corrected chi connectivity index (χ2v) is 5.97. The predicted octanol–water partition coefficient (Wildman–Crippen LogP) is 3.44. The molecule has 126 valence electrons. The highest BCUT2D eigenvalue weighted by molar-refractivity contribution is 6.30. The van der Waals surface area contributed by atoms with Crippen LogP contribution in [0.3, 0.4) is 0 Å². The van der Waals surface area contributed by atoms with E-state index in [2.05, 4.69) is 0 Å². The zero-order valence-corrected chi connectivity index (χ0v) is 14.2. The average Bonchev–Trinajstić information content (AvgIpc) is 2.61. The maximum Gasteiger partial charge on any atom is 0.258 e. The summed E-state index contributed by atoms with van der Waals surface area (Å²) in [7, 11) is 3.08. The summed E-state index contributed by atoms with van der Waals surface area (Å²) in [5, 5.41) is 10.7. The monoisotopic (exact) mass is 347 g/mol. The first kappa shape index (κ1) is 16.6. The zero-order chi connectivity index (χ0) is 17.3. The number of benzene rings is 2. The van der Waals surface area contributed by atoms with Gasteiger partial charge in [0, 0.05) is 28.4 Å². The molecule has 1 atom stereocenters. The summed E-state index contributed by atoms with van der Waals surface area (Å²) < 4.78 is 10.5. The summed E-state index contributed by atoms with van der Waals surface area (Å²) in [5.74, 6) is 0.901. The fourth-order valence-corrected chi connectivity index (χ4v) is 3.08. The lowest BCUT2D eigenvalue weighted by Crippen LogP contribution is -2.36. The van der Waals surface area contributed by atoms with Gasteiger partial charge in [-0.1, -0.05) is 11.6 Å². The molecule has 1 amide bonds. The summed E-state index contributed by atoms with van der Waals surface area (Å²) in [6.07, 6.45) is -0.153. The van der Waals surface area contributed by atoms with Gasteiger partial charge in [-0.3, -0.25) is 4.79 Å². The second kappa shape index (κ2) is 6.71. The zero-order valence-electron chi connectivity index (χ0n) is 13.5. The van der Waals surface area contributed by atoms with Gasteiger partial charge in [-0.25, -0.2) is 0 Å². The van der Waals surface area contributed by atoms with E-state index in [1.807, 2.05) is 0 Å². The molecule has 0 radical (unpaired) electrons. The van der Waals surface area contributed by atoms with Crippen LogP contribution in [0, 0.1) is 0 Å². The molecule has 0 aliphatic carbocycles. The van der Waals surface area contributed by atoms with Gasteiger partial charge in [0.2, 0.25) is 0 Å². The quantitative estimate of drug-likeness (QED) is 0.924. The molecule has 1 heterocycles. The van der Waals surface area contributed by atoms with Gasteiger partial charge >= 0.3 is 0 Å². The molecule has 3 rings (SSSR count). The third-order valence-electron chi connectivity index (χ3n) is 4.14. The number of hydrogen-bond acceptors (Lipinski definition) is 4. The van der Waals surface area contributed by atoms with Crippen LogP contribution in [0.4, 0.5) is 5.69 Å². The normalized spacial score (nSPS) is 16.5. The van der Waals surface area contributed by atoms with Gasteiger partial charge in [-0.15, -0.1) is 0 Å². The molecule has 0 aromatic heterocycles. The van der Waals surface area contributed by atoms with Crippen molar-refractivity contribution in [3.8, 4) is 11.5 Å². The molecule has 2 aromatic carbocycles. The molecule has 6 heteroatoms. The molecule has 0 fully saturated rings. The third-order valence-corrected chi connectivity index (χ3v) is 4.38. The molecule has 0 saturated heterocycles. The molecular weight excluding hydrogens is 330 g/mol. The molecule has 0 bridgehead atoms. The number of amides is 1. The molecule has 24 heavy (non-hydrogen) atoms. The minimum Gasteiger partial charge on any atom is -0.493 e. The standard InChI is InChI=1S/C18H18ClNO4/c1-23-16-6-3-11(9-17(16)24-2)18(22)20-8-7-15(21)13-10-12(19)4-5-14(13)20/h3-6,9-10,15,21H,7-8H2,1-2H3. The molecule has 0 saturated carbocycles. The van der Waals surface area contributed by atoms with E-state index in [0.717, 1.165) is 0 Å². The molecule has 1 aliphatic heterocycles. The van der Waals surface area contributed by atoms with E-state index in [1.165, 1.54) is 7.11 Å². The van der Waals surface area contributed by atoms with Crippen molar-refractivity contribution in [2.75, 3.05) is 25.7 Å². The van der Waals surface area contributed by atoms with E-state index in [1.54, 1.807) is 48.4 Å². The van der Waals surface area contributed by atoms with Gasteiger partial charge in [-0.05, 0) is 42.8 Å². The summed E-state index contributed by atoms with van der Waals surface area (Å²) in [5.41, 5.74) is 1.84. The maximum absolute atomic E-state index is 12.9. The summed E-state index contributed by atoms with van der Waals surface area (Å²) in [6, 6.07) is 10.2. The van der Waals surface area contributed by atoms with Crippen molar-refractivity contribution in [3.05, 3.63) is 52.5 Å². The Morgan fingerprint density at radius 2 is 1.92 bits per heavy atom. The average molecular weight is 348 g/mol. The van der Waals surface area contributed by atoms with Crippen LogP contribution >= 0.6 is 11.6 Å². The first-order valence-electron chi connectivity index (χ1n) is 7.56. The predicted molar refractivity (Wildman–Crippen MR) is 92.3 cm³/mol. The third kappa shape index (κ3) is 2.92. The number of nitrogens with zero attached hydrogens (tertiary/aromatic N) is 1. The van der Waals surface area contributed by atoms with E-state index in [-0.39, 0.29) is 5.91 Å². The minimum absolute atomic E-state index is 0.161. The lowest BCUT2D eigenvalue weighted by Gasteiger charge is -2.32. The number of anilines is 1. The largest absolute Gasteiger partial charge is 0.493 e. The highest BCUT2D eigenvalue weighted by Gasteiger charge is 2.28. The summed E-state index contributed by atoms with van der Waals surface area (Å²) in [6.45, 7) is 0.434. The van der Waals surface area contributed by atoms with Gasteiger partial charge in [-0.2, -0.15) is 0 Å². The number of methoxy groups -OCH3 is 2. The van der Waals surface area contributed by atoms with Gasteiger partial charge in [0.1, 0.15) is 0 Å². The van der Waals surface area contributed by atoms with Crippen molar-refractivity contribution in [1.82, 2.24) is 0 Å². The van der Waals surface area contributed by atoms with Crippen LogP contribution in [0.5, 0.6) is 11.5 Å². The number of aliphatic hydroxyl groups is 1. The highest BCUT2D eigenvalue weighted by atomic mass is 35.5. The number of hydrogen-bond donors (Lipinski definition) is 1. The van der Waals surface area contributed by atoms with Crippen LogP contribution in [0.15, 0.2) is 36.4 Å². The number of fused-ring (bicyclic) bond motifs is 1. The molecule has 1 aliphatic rings. The number of halogens is 1. The van der Waals surface area contributed by atoms with Gasteiger partial charge in [0.05, 0.1) is 20.3 Å². The lowest BCUT2D eigenvalue weighted by atomic mass is 9.98. The molecule has 2 aromatic rings. The van der Waals surface area contributed by atoms with Crippen molar-refractivity contribution < 1.29 is 19.4 Å². The fourth-order valence-electron chi connectivity index (χ4n) is 2.90. The van der Waals surface area contributed by atoms with E-state index in [0.29, 0.717) is 46.3 Å². The van der Waals surface area contributed by atoms with Crippen LogP contribution in [0.25, 0.3) is 0 Å². The lowest BCUT2D eigenvalue weighted by molar-refractivity contribution is 0.0970. The van der Waals surface area contributed by atoms with Crippen LogP contribution < -0.4 is 14.4 Å². The Labute approximate surface area is 145 Å².